The summed E-state index contributed by atoms with van der Waals surface area (Å²) in [7, 11) is 0. The maximum Gasteiger partial charge on any atom is 0.157 e. The summed E-state index contributed by atoms with van der Waals surface area (Å²) in [6.07, 6.45) is 0. The van der Waals surface area contributed by atoms with Crippen LogP contribution in [-0.4, -0.2) is 5.11 Å². The molecule has 0 heterocycles. The molecule has 4 heteroatoms. The smallest absolute Gasteiger partial charge is 0.157 e. The summed E-state index contributed by atoms with van der Waals surface area (Å²) in [6.45, 7) is 0. The fourth-order valence-corrected chi connectivity index (χ4v) is 1.34. The maximum atomic E-state index is 10.4. The average molecular weight is 281 g/mol. The first-order chi connectivity index (χ1) is 6.33. The molecular weight excluding hydrogens is 274 g/mol. The first kappa shape index (κ1) is 10.9. The predicted molar refractivity (Wildman–Crippen MR) is 51.1 cm³/mol. The number of nitroso groups, excluding NO2 is 1. The molecule has 2 aromatic carbocycles. The van der Waals surface area contributed by atoms with E-state index in [0.29, 0.717) is 5.39 Å². The van der Waals surface area contributed by atoms with Gasteiger partial charge in [-0.3, -0.25) is 0 Å². The summed E-state index contributed by atoms with van der Waals surface area (Å²) in [4.78, 5) is 10.4. The van der Waals surface area contributed by atoms with E-state index in [4.69, 9.17) is 0 Å². The monoisotopic (exact) mass is 280 g/mol. The maximum absolute atomic E-state index is 10.4. The van der Waals surface area contributed by atoms with Crippen LogP contribution in [-0.2, 0) is 22.4 Å². The van der Waals surface area contributed by atoms with Crippen LogP contribution in [0.2, 0.25) is 0 Å². The third kappa shape index (κ3) is 1.70. The number of aromatic hydroxyl groups is 1. The van der Waals surface area contributed by atoms with E-state index in [9.17, 15) is 10.0 Å². The van der Waals surface area contributed by atoms with Crippen molar-refractivity contribution in [1.82, 2.24) is 0 Å². The summed E-state index contributed by atoms with van der Waals surface area (Å²) in [5.74, 6) is -0.0753. The topological polar surface area (TPSA) is 49.7 Å². The van der Waals surface area contributed by atoms with Gasteiger partial charge in [-0.1, -0.05) is 30.3 Å². The number of phenolic OH excluding ortho intramolecular Hbond substituents is 1. The van der Waals surface area contributed by atoms with E-state index >= 15 is 0 Å². The molecule has 0 aromatic heterocycles. The SMILES string of the molecule is O=Nc1c(O)ccc2ccccc12.[Ag]. The Labute approximate surface area is 96.2 Å². The minimum absolute atomic E-state index is 0. The number of hydrogen-bond donors (Lipinski definition) is 1. The van der Waals surface area contributed by atoms with Crippen molar-refractivity contribution in [1.29, 1.82) is 0 Å². The van der Waals surface area contributed by atoms with Gasteiger partial charge in [0.1, 0.15) is 5.75 Å². The molecule has 14 heavy (non-hydrogen) atoms. The van der Waals surface area contributed by atoms with Gasteiger partial charge in [0.25, 0.3) is 0 Å². The molecule has 0 spiro atoms. The second-order valence-electron chi connectivity index (χ2n) is 2.75. The third-order valence-electron chi connectivity index (χ3n) is 1.97. The number of hydrogen-bond acceptors (Lipinski definition) is 3. The van der Waals surface area contributed by atoms with Crippen molar-refractivity contribution in [3.8, 4) is 5.75 Å². The van der Waals surface area contributed by atoms with E-state index in [0.717, 1.165) is 5.39 Å². The molecule has 0 aliphatic carbocycles. The second kappa shape index (κ2) is 4.37. The van der Waals surface area contributed by atoms with Gasteiger partial charge in [0.2, 0.25) is 0 Å². The van der Waals surface area contributed by atoms with Gasteiger partial charge in [-0.25, -0.2) is 0 Å². The van der Waals surface area contributed by atoms with Crippen molar-refractivity contribution in [3.63, 3.8) is 0 Å². The van der Waals surface area contributed by atoms with Crippen LogP contribution in [0.15, 0.2) is 41.6 Å². The Morgan fingerprint density at radius 1 is 1.07 bits per heavy atom. The van der Waals surface area contributed by atoms with Crippen LogP contribution >= 0.6 is 0 Å². The molecule has 0 bridgehead atoms. The Bertz CT molecular complexity index is 471. The molecule has 75 valence electrons. The molecule has 0 atom stereocenters. The van der Waals surface area contributed by atoms with Crippen molar-refractivity contribution < 1.29 is 27.5 Å². The van der Waals surface area contributed by atoms with Gasteiger partial charge in [0.15, 0.2) is 5.69 Å². The second-order valence-corrected chi connectivity index (χ2v) is 2.75. The van der Waals surface area contributed by atoms with Gasteiger partial charge in [0.05, 0.1) is 0 Å². The van der Waals surface area contributed by atoms with Crippen LogP contribution in [0.25, 0.3) is 10.8 Å². The van der Waals surface area contributed by atoms with Gasteiger partial charge in [-0.05, 0) is 16.6 Å². The number of benzene rings is 2. The summed E-state index contributed by atoms with van der Waals surface area (Å²) < 4.78 is 0. The zero-order chi connectivity index (χ0) is 9.26. The molecule has 0 unspecified atom stereocenters. The van der Waals surface area contributed by atoms with Crippen molar-refractivity contribution in [2.24, 2.45) is 5.18 Å². The minimum atomic E-state index is -0.0753. The first-order valence-electron chi connectivity index (χ1n) is 3.87. The Balaban J connectivity index is 0.000000980. The molecule has 0 saturated heterocycles. The van der Waals surface area contributed by atoms with Crippen LogP contribution in [0, 0.1) is 4.91 Å². The zero-order valence-corrected chi connectivity index (χ0v) is 8.55. The van der Waals surface area contributed by atoms with E-state index < -0.39 is 0 Å². The van der Waals surface area contributed by atoms with Crippen LogP contribution in [0.3, 0.4) is 0 Å². The van der Waals surface area contributed by atoms with E-state index in [2.05, 4.69) is 5.18 Å². The Morgan fingerprint density at radius 2 is 1.79 bits per heavy atom. The summed E-state index contributed by atoms with van der Waals surface area (Å²) >= 11 is 0. The largest absolute Gasteiger partial charge is 0.506 e. The van der Waals surface area contributed by atoms with Crippen molar-refractivity contribution in [2.45, 2.75) is 0 Å². The summed E-state index contributed by atoms with van der Waals surface area (Å²) in [6, 6.07) is 10.5. The molecule has 1 N–H and O–H groups in total. The van der Waals surface area contributed by atoms with Crippen molar-refractivity contribution in [2.75, 3.05) is 0 Å². The van der Waals surface area contributed by atoms with Crippen molar-refractivity contribution in [3.05, 3.63) is 41.3 Å². The minimum Gasteiger partial charge on any atom is -0.506 e. The number of fused-ring (bicyclic) bond motifs is 1. The number of rotatable bonds is 1. The van der Waals surface area contributed by atoms with Gasteiger partial charge in [-0.2, -0.15) is 0 Å². The standard InChI is InChI=1S/C10H7NO2.Ag/c12-9-6-5-7-3-1-2-4-8(7)10(9)11-13;/h1-6,12H;. The normalized spacial score (nSPS) is 9.43. The van der Waals surface area contributed by atoms with E-state index in [1.54, 1.807) is 18.2 Å². The van der Waals surface area contributed by atoms with Crippen molar-refractivity contribution >= 4 is 16.5 Å². The molecule has 2 aromatic rings. The molecular formula is C10H7AgNO2. The predicted octanol–water partition coefficient (Wildman–Crippen LogP) is 2.94. The molecule has 3 nitrogen and oxygen atoms in total. The fourth-order valence-electron chi connectivity index (χ4n) is 1.34. The Morgan fingerprint density at radius 3 is 2.50 bits per heavy atom. The van der Waals surface area contributed by atoms with Crippen LogP contribution in [0.5, 0.6) is 5.75 Å². The van der Waals surface area contributed by atoms with Gasteiger partial charge < -0.3 is 5.11 Å². The zero-order valence-electron chi connectivity index (χ0n) is 7.07. The quantitative estimate of drug-likeness (QED) is 0.645. The molecule has 0 aliphatic rings. The molecule has 2 rings (SSSR count). The molecule has 1 radical (unpaired) electrons. The summed E-state index contributed by atoms with van der Waals surface area (Å²) in [5, 5.41) is 13.7. The average Bonchev–Trinajstić information content (AvgIpc) is 2.18. The Hall–Kier alpha value is -1.16. The van der Waals surface area contributed by atoms with Gasteiger partial charge in [-0.15, -0.1) is 4.91 Å². The van der Waals surface area contributed by atoms with Crippen LogP contribution in [0.4, 0.5) is 5.69 Å². The fraction of sp³-hybridized carbons (Fsp3) is 0. The first-order valence-corrected chi connectivity index (χ1v) is 3.87. The third-order valence-corrected chi connectivity index (χ3v) is 1.97. The number of nitrogens with zero attached hydrogens (tertiary/aromatic N) is 1. The number of phenols is 1. The molecule has 0 aliphatic heterocycles. The van der Waals surface area contributed by atoms with Gasteiger partial charge in [0, 0.05) is 27.8 Å². The van der Waals surface area contributed by atoms with Crippen LogP contribution in [0.1, 0.15) is 0 Å². The van der Waals surface area contributed by atoms with Crippen LogP contribution < -0.4 is 0 Å². The molecule has 0 fully saturated rings. The van der Waals surface area contributed by atoms with E-state index in [1.165, 1.54) is 6.07 Å². The Kier molecular flexibility index (Phi) is 3.41. The molecule has 0 amide bonds. The molecule has 0 saturated carbocycles. The van der Waals surface area contributed by atoms with E-state index in [1.807, 2.05) is 12.1 Å². The van der Waals surface area contributed by atoms with Gasteiger partial charge >= 0.3 is 0 Å². The van der Waals surface area contributed by atoms with E-state index in [-0.39, 0.29) is 33.8 Å². The summed E-state index contributed by atoms with van der Waals surface area (Å²) in [5.41, 5.74) is 0.109.